The molecule has 1 saturated carbocycles. The average Bonchev–Trinajstić information content (AvgIpc) is 3.54. The Morgan fingerprint density at radius 3 is 2.62 bits per heavy atom. The fourth-order valence-electron chi connectivity index (χ4n) is 4.48. The van der Waals surface area contributed by atoms with Gasteiger partial charge in [-0.15, -0.1) is 0 Å². The van der Waals surface area contributed by atoms with E-state index in [2.05, 4.69) is 42.6 Å². The number of benzene rings is 2. The van der Waals surface area contributed by atoms with Gasteiger partial charge in [0.05, 0.1) is 6.04 Å². The molecule has 2 aliphatic rings. The Labute approximate surface area is 199 Å². The van der Waals surface area contributed by atoms with Crippen LogP contribution < -0.4 is 10.1 Å². The van der Waals surface area contributed by atoms with Gasteiger partial charge < -0.3 is 19.4 Å². The molecule has 0 radical (unpaired) electrons. The van der Waals surface area contributed by atoms with Crippen LogP contribution in [0.15, 0.2) is 59.0 Å². The van der Waals surface area contributed by atoms with Gasteiger partial charge in [0.15, 0.2) is 5.76 Å². The van der Waals surface area contributed by atoms with E-state index >= 15 is 0 Å². The zero-order valence-corrected chi connectivity index (χ0v) is 19.7. The summed E-state index contributed by atoms with van der Waals surface area (Å²) < 4.78 is 11.7. The first-order valence-corrected chi connectivity index (χ1v) is 12.0. The number of hydrogen-bond acceptors (Lipinski definition) is 4. The molecule has 34 heavy (non-hydrogen) atoms. The third-order valence-electron chi connectivity index (χ3n) is 6.54. The van der Waals surface area contributed by atoms with Crippen molar-refractivity contribution in [3.63, 3.8) is 0 Å². The number of rotatable bonds is 7. The highest BCUT2D eigenvalue weighted by molar-refractivity contribution is 5.91. The fourth-order valence-corrected chi connectivity index (χ4v) is 4.48. The van der Waals surface area contributed by atoms with Crippen molar-refractivity contribution in [2.75, 3.05) is 6.54 Å². The van der Waals surface area contributed by atoms with Crippen LogP contribution in [0.1, 0.15) is 70.8 Å². The molecule has 0 saturated heterocycles. The Bertz CT molecular complexity index is 1190. The van der Waals surface area contributed by atoms with Gasteiger partial charge in [-0.3, -0.25) is 9.59 Å². The van der Waals surface area contributed by atoms with E-state index < -0.39 is 0 Å². The summed E-state index contributed by atoms with van der Waals surface area (Å²) in [7, 11) is 0. The topological polar surface area (TPSA) is 71.8 Å². The van der Waals surface area contributed by atoms with E-state index in [1.807, 2.05) is 24.0 Å². The lowest BCUT2D eigenvalue weighted by molar-refractivity contribution is -0.132. The lowest BCUT2D eigenvalue weighted by Crippen LogP contribution is -2.40. The molecule has 1 aromatic heterocycles. The molecule has 6 heteroatoms. The maximum Gasteiger partial charge on any atom is 0.287 e. The number of fused-ring (bicyclic) bond motifs is 1. The van der Waals surface area contributed by atoms with Crippen LogP contribution in [0.25, 0.3) is 0 Å². The lowest BCUT2D eigenvalue weighted by atomic mass is 9.87. The molecular weight excluding hydrogens is 428 g/mol. The van der Waals surface area contributed by atoms with Crippen molar-refractivity contribution in [2.45, 2.75) is 58.2 Å². The third kappa shape index (κ3) is 4.72. The number of ether oxygens (including phenoxy) is 1. The molecule has 1 aliphatic carbocycles. The van der Waals surface area contributed by atoms with Crippen molar-refractivity contribution in [3.05, 3.63) is 88.4 Å². The number of nitrogens with one attached hydrogen (secondary N) is 1. The number of carbonyl (C=O) groups is 2. The smallest absolute Gasteiger partial charge is 0.287 e. The second-order valence-corrected chi connectivity index (χ2v) is 9.17. The molecule has 0 bridgehead atoms. The summed E-state index contributed by atoms with van der Waals surface area (Å²) in [4.78, 5) is 26.9. The Balaban J connectivity index is 1.36. The van der Waals surface area contributed by atoms with Gasteiger partial charge in [0, 0.05) is 19.0 Å². The maximum atomic E-state index is 12.8. The van der Waals surface area contributed by atoms with Crippen molar-refractivity contribution in [3.8, 4) is 5.75 Å². The molecule has 176 valence electrons. The third-order valence-corrected chi connectivity index (χ3v) is 6.54. The molecule has 1 aliphatic heterocycles. The molecule has 5 rings (SSSR count). The minimum absolute atomic E-state index is 0.137. The predicted molar refractivity (Wildman–Crippen MR) is 129 cm³/mol. The van der Waals surface area contributed by atoms with E-state index in [-0.39, 0.29) is 30.5 Å². The fraction of sp³-hybridized carbons (Fsp3) is 0.357. The number of amides is 2. The summed E-state index contributed by atoms with van der Waals surface area (Å²) in [6.45, 7) is 4.90. The zero-order chi connectivity index (χ0) is 23.7. The molecule has 2 aromatic carbocycles. The van der Waals surface area contributed by atoms with Crippen LogP contribution in [0.5, 0.6) is 5.75 Å². The highest BCUT2D eigenvalue weighted by Gasteiger charge is 2.31. The number of aryl methyl sites for hydroxylation is 1. The Morgan fingerprint density at radius 1 is 1.09 bits per heavy atom. The first-order chi connectivity index (χ1) is 16.5. The molecule has 1 N–H and O–H groups in total. The number of carbonyl (C=O) groups excluding carboxylic acids is 2. The average molecular weight is 459 g/mol. The van der Waals surface area contributed by atoms with Gasteiger partial charge in [0.2, 0.25) is 5.91 Å². The quantitative estimate of drug-likeness (QED) is 0.544. The van der Waals surface area contributed by atoms with E-state index in [0.29, 0.717) is 30.2 Å². The highest BCUT2D eigenvalue weighted by atomic mass is 16.5. The van der Waals surface area contributed by atoms with Gasteiger partial charge in [-0.05, 0) is 67.1 Å². The van der Waals surface area contributed by atoms with Crippen molar-refractivity contribution in [1.29, 1.82) is 0 Å². The predicted octanol–water partition coefficient (Wildman–Crippen LogP) is 4.94. The van der Waals surface area contributed by atoms with E-state index in [1.54, 1.807) is 12.1 Å². The molecule has 1 fully saturated rings. The van der Waals surface area contributed by atoms with Gasteiger partial charge in [0.1, 0.15) is 18.1 Å². The van der Waals surface area contributed by atoms with E-state index in [0.717, 1.165) is 30.4 Å². The number of nitrogens with zero attached hydrogens (tertiary/aromatic N) is 1. The molecule has 2 heterocycles. The van der Waals surface area contributed by atoms with Crippen LogP contribution >= 0.6 is 0 Å². The van der Waals surface area contributed by atoms with Crippen LogP contribution in [-0.4, -0.2) is 29.3 Å². The van der Waals surface area contributed by atoms with Gasteiger partial charge in [-0.25, -0.2) is 0 Å². The normalized spacial score (nSPS) is 17.2. The van der Waals surface area contributed by atoms with Gasteiger partial charge >= 0.3 is 0 Å². The summed E-state index contributed by atoms with van der Waals surface area (Å²) in [5, 5.41) is 2.93. The number of furan rings is 1. The van der Waals surface area contributed by atoms with Crippen molar-refractivity contribution in [2.24, 2.45) is 0 Å². The molecule has 6 nitrogen and oxygen atoms in total. The number of hydrogen-bond donors (Lipinski definition) is 1. The summed E-state index contributed by atoms with van der Waals surface area (Å²) >= 11 is 0. The Hall–Kier alpha value is -3.54. The first kappa shape index (κ1) is 22.3. The molecule has 1 atom stereocenters. The summed E-state index contributed by atoms with van der Waals surface area (Å²) in [5.41, 5.74) is 4.62. The minimum Gasteiger partial charge on any atom is -0.486 e. The Kier molecular flexibility index (Phi) is 6.14. The second-order valence-electron chi connectivity index (χ2n) is 9.17. The largest absolute Gasteiger partial charge is 0.486 e. The van der Waals surface area contributed by atoms with Crippen molar-refractivity contribution >= 4 is 11.8 Å². The van der Waals surface area contributed by atoms with Crippen LogP contribution in [-0.2, 0) is 17.8 Å². The van der Waals surface area contributed by atoms with Gasteiger partial charge in [0.25, 0.3) is 5.91 Å². The van der Waals surface area contributed by atoms with Crippen molar-refractivity contribution in [1.82, 2.24) is 10.2 Å². The highest BCUT2D eigenvalue weighted by Crippen LogP contribution is 2.37. The van der Waals surface area contributed by atoms with E-state index in [9.17, 15) is 9.59 Å². The summed E-state index contributed by atoms with van der Waals surface area (Å²) in [5.74, 6) is 1.59. The van der Waals surface area contributed by atoms with Gasteiger partial charge in [-0.1, -0.05) is 42.8 Å². The standard InChI is InChI=1S/C28H30N2O4/c1-3-26(31)30-15-14-19-8-11-22(16-24(19)27(30)20-6-4-18(2)5-7-20)33-17-23-12-13-25(34-23)28(32)29-21-9-10-21/h4-8,11-13,16,21,27H,3,9-10,14-15,17H2,1-2H3,(H,29,32)/t27-/m1/s1. The lowest BCUT2D eigenvalue weighted by Gasteiger charge is -2.38. The molecular formula is C28H30N2O4. The summed E-state index contributed by atoms with van der Waals surface area (Å²) in [6, 6.07) is 18.1. The minimum atomic E-state index is -0.177. The Morgan fingerprint density at radius 2 is 1.88 bits per heavy atom. The summed E-state index contributed by atoms with van der Waals surface area (Å²) in [6.07, 6.45) is 3.36. The van der Waals surface area contributed by atoms with Crippen LogP contribution in [0.3, 0.4) is 0 Å². The van der Waals surface area contributed by atoms with E-state index in [1.165, 1.54) is 11.1 Å². The molecule has 0 unspecified atom stereocenters. The second kappa shape index (κ2) is 9.37. The van der Waals surface area contributed by atoms with Crippen molar-refractivity contribution < 1.29 is 18.7 Å². The molecule has 2 amide bonds. The van der Waals surface area contributed by atoms with Gasteiger partial charge in [-0.2, -0.15) is 0 Å². The maximum absolute atomic E-state index is 12.8. The first-order valence-electron chi connectivity index (χ1n) is 12.0. The van der Waals surface area contributed by atoms with Crippen LogP contribution in [0.4, 0.5) is 0 Å². The monoisotopic (exact) mass is 458 g/mol. The SMILES string of the molecule is CCC(=O)N1CCc2ccc(OCc3ccc(C(=O)NC4CC4)o3)cc2[C@H]1c1ccc(C)cc1. The van der Waals surface area contributed by atoms with Crippen LogP contribution in [0.2, 0.25) is 0 Å². The molecule has 0 spiro atoms. The van der Waals surface area contributed by atoms with Crippen LogP contribution in [0, 0.1) is 6.92 Å². The molecule has 3 aromatic rings. The van der Waals surface area contributed by atoms with E-state index in [4.69, 9.17) is 9.15 Å². The zero-order valence-electron chi connectivity index (χ0n) is 19.7.